The second-order valence-corrected chi connectivity index (χ2v) is 4.08. The first kappa shape index (κ1) is 8.68. The molecule has 1 unspecified atom stereocenters. The fraction of sp³-hybridized carbons (Fsp3) is 0.250. The average Bonchev–Trinajstić information content (AvgIpc) is 2.52. The average molecular weight is 201 g/mol. The summed E-state index contributed by atoms with van der Waals surface area (Å²) in [6, 6.07) is 7.91. The third kappa shape index (κ3) is 1.13. The summed E-state index contributed by atoms with van der Waals surface area (Å²) in [5.41, 5.74) is 1.15. The standard InChI is InChI=1S/C12H11NO2/c14-11-5-6-12(15)7-9-3-1-2-4-10(9)8-13(11)12/h1-6,15H,7-8H2. The quantitative estimate of drug-likeness (QED) is 0.675. The Morgan fingerprint density at radius 3 is 2.80 bits per heavy atom. The highest BCUT2D eigenvalue weighted by atomic mass is 16.3. The zero-order valence-corrected chi connectivity index (χ0v) is 8.18. The molecule has 0 spiro atoms. The lowest BCUT2D eigenvalue weighted by Crippen LogP contribution is -2.50. The molecule has 1 atom stereocenters. The lowest BCUT2D eigenvalue weighted by molar-refractivity contribution is -0.144. The number of carbonyl (C=O) groups is 1. The number of rotatable bonds is 0. The minimum absolute atomic E-state index is 0.105. The number of carbonyl (C=O) groups excluding carboxylic acids is 1. The fourth-order valence-electron chi connectivity index (χ4n) is 2.28. The first-order valence-electron chi connectivity index (χ1n) is 4.99. The van der Waals surface area contributed by atoms with Crippen LogP contribution in [0.15, 0.2) is 36.4 Å². The van der Waals surface area contributed by atoms with Crippen molar-refractivity contribution in [3.05, 3.63) is 47.5 Å². The van der Waals surface area contributed by atoms with Crippen LogP contribution in [0.3, 0.4) is 0 Å². The number of nitrogens with zero attached hydrogens (tertiary/aromatic N) is 1. The molecule has 3 heteroatoms. The Labute approximate surface area is 87.6 Å². The van der Waals surface area contributed by atoms with Gasteiger partial charge in [0.2, 0.25) is 5.91 Å². The van der Waals surface area contributed by atoms with Crippen LogP contribution >= 0.6 is 0 Å². The van der Waals surface area contributed by atoms with Crippen molar-refractivity contribution < 1.29 is 9.90 Å². The lowest BCUT2D eigenvalue weighted by atomic mass is 9.93. The fourth-order valence-corrected chi connectivity index (χ4v) is 2.28. The molecule has 3 nitrogen and oxygen atoms in total. The summed E-state index contributed by atoms with van der Waals surface area (Å²) < 4.78 is 0. The molecule has 0 aromatic heterocycles. The molecule has 1 N–H and O–H groups in total. The van der Waals surface area contributed by atoms with E-state index in [4.69, 9.17) is 0 Å². The molecule has 2 aliphatic rings. The van der Waals surface area contributed by atoms with Crippen molar-refractivity contribution in [1.82, 2.24) is 4.90 Å². The number of benzene rings is 1. The minimum atomic E-state index is -1.09. The molecule has 0 bridgehead atoms. The Kier molecular flexibility index (Phi) is 1.56. The number of aliphatic hydroxyl groups is 1. The van der Waals surface area contributed by atoms with Gasteiger partial charge in [0.25, 0.3) is 0 Å². The van der Waals surface area contributed by atoms with E-state index in [1.165, 1.54) is 11.0 Å². The summed E-state index contributed by atoms with van der Waals surface area (Å²) in [5, 5.41) is 10.2. The Hall–Kier alpha value is -1.61. The van der Waals surface area contributed by atoms with Crippen molar-refractivity contribution in [2.75, 3.05) is 0 Å². The van der Waals surface area contributed by atoms with Gasteiger partial charge in [0.15, 0.2) is 5.72 Å². The van der Waals surface area contributed by atoms with E-state index in [1.54, 1.807) is 6.08 Å². The molecular weight excluding hydrogens is 190 g/mol. The van der Waals surface area contributed by atoms with E-state index in [9.17, 15) is 9.90 Å². The van der Waals surface area contributed by atoms with E-state index in [2.05, 4.69) is 0 Å². The molecule has 3 rings (SSSR count). The molecule has 1 amide bonds. The Balaban J connectivity index is 2.08. The van der Waals surface area contributed by atoms with E-state index in [0.29, 0.717) is 13.0 Å². The largest absolute Gasteiger partial charge is 0.367 e. The number of hydrogen-bond donors (Lipinski definition) is 1. The van der Waals surface area contributed by atoms with E-state index in [0.717, 1.165) is 11.1 Å². The van der Waals surface area contributed by atoms with Gasteiger partial charge in [-0.1, -0.05) is 24.3 Å². The van der Waals surface area contributed by atoms with Crippen LogP contribution in [0.5, 0.6) is 0 Å². The molecule has 1 aromatic rings. The normalized spacial score (nSPS) is 27.8. The monoisotopic (exact) mass is 201 g/mol. The summed E-state index contributed by atoms with van der Waals surface area (Å²) in [7, 11) is 0. The SMILES string of the molecule is O=C1C=CC2(O)Cc3ccccc3CN12. The Morgan fingerprint density at radius 2 is 2.00 bits per heavy atom. The van der Waals surface area contributed by atoms with Gasteiger partial charge in [0.05, 0.1) is 0 Å². The first-order chi connectivity index (χ1) is 7.19. The van der Waals surface area contributed by atoms with Crippen molar-refractivity contribution in [1.29, 1.82) is 0 Å². The van der Waals surface area contributed by atoms with Crippen molar-refractivity contribution >= 4 is 5.91 Å². The predicted octanol–water partition coefficient (Wildman–Crippen LogP) is 0.830. The van der Waals surface area contributed by atoms with Crippen LogP contribution in [0.4, 0.5) is 0 Å². The van der Waals surface area contributed by atoms with Crippen molar-refractivity contribution in [2.24, 2.45) is 0 Å². The molecule has 2 heterocycles. The topological polar surface area (TPSA) is 40.5 Å². The second kappa shape index (κ2) is 2.70. The van der Waals surface area contributed by atoms with Crippen LogP contribution in [0.2, 0.25) is 0 Å². The van der Waals surface area contributed by atoms with Crippen molar-refractivity contribution in [3.63, 3.8) is 0 Å². The highest BCUT2D eigenvalue weighted by molar-refractivity contribution is 5.91. The van der Waals surface area contributed by atoms with Crippen LogP contribution in [0.1, 0.15) is 11.1 Å². The van der Waals surface area contributed by atoms with Gasteiger partial charge in [-0.3, -0.25) is 4.79 Å². The van der Waals surface area contributed by atoms with Crippen LogP contribution in [0.25, 0.3) is 0 Å². The molecule has 15 heavy (non-hydrogen) atoms. The highest BCUT2D eigenvalue weighted by Crippen LogP contribution is 2.33. The van der Waals surface area contributed by atoms with E-state index >= 15 is 0 Å². The Bertz CT molecular complexity index is 466. The van der Waals surface area contributed by atoms with Gasteiger partial charge in [0, 0.05) is 19.0 Å². The van der Waals surface area contributed by atoms with Crippen molar-refractivity contribution in [3.8, 4) is 0 Å². The smallest absolute Gasteiger partial charge is 0.249 e. The summed E-state index contributed by atoms with van der Waals surface area (Å²) in [6.07, 6.45) is 3.53. The Morgan fingerprint density at radius 1 is 1.27 bits per heavy atom. The lowest BCUT2D eigenvalue weighted by Gasteiger charge is -2.38. The summed E-state index contributed by atoms with van der Waals surface area (Å²) in [4.78, 5) is 13.0. The summed E-state index contributed by atoms with van der Waals surface area (Å²) in [6.45, 7) is 0.499. The first-order valence-corrected chi connectivity index (χ1v) is 4.99. The van der Waals surface area contributed by atoms with Gasteiger partial charge in [-0.2, -0.15) is 0 Å². The maximum Gasteiger partial charge on any atom is 0.249 e. The molecule has 2 aliphatic heterocycles. The van der Waals surface area contributed by atoms with E-state index < -0.39 is 5.72 Å². The second-order valence-electron chi connectivity index (χ2n) is 4.08. The molecule has 0 saturated heterocycles. The third-order valence-electron chi connectivity index (χ3n) is 3.12. The summed E-state index contributed by atoms with van der Waals surface area (Å²) >= 11 is 0. The zero-order chi connectivity index (χ0) is 10.5. The van der Waals surface area contributed by atoms with Gasteiger partial charge in [-0.15, -0.1) is 0 Å². The maximum atomic E-state index is 11.5. The van der Waals surface area contributed by atoms with Gasteiger partial charge < -0.3 is 10.0 Å². The number of hydrogen-bond acceptors (Lipinski definition) is 2. The van der Waals surface area contributed by atoms with Crippen LogP contribution in [-0.2, 0) is 17.8 Å². The maximum absolute atomic E-state index is 11.5. The van der Waals surface area contributed by atoms with Crippen LogP contribution in [-0.4, -0.2) is 21.6 Å². The van der Waals surface area contributed by atoms with Gasteiger partial charge in [-0.05, 0) is 17.2 Å². The third-order valence-corrected chi connectivity index (χ3v) is 3.12. The molecule has 0 aliphatic carbocycles. The highest BCUT2D eigenvalue weighted by Gasteiger charge is 2.42. The zero-order valence-electron chi connectivity index (χ0n) is 8.18. The van der Waals surface area contributed by atoms with Gasteiger partial charge >= 0.3 is 0 Å². The molecule has 0 radical (unpaired) electrons. The van der Waals surface area contributed by atoms with E-state index in [1.807, 2.05) is 24.3 Å². The van der Waals surface area contributed by atoms with E-state index in [-0.39, 0.29) is 5.91 Å². The van der Waals surface area contributed by atoms with Gasteiger partial charge in [-0.25, -0.2) is 0 Å². The molecule has 0 fully saturated rings. The molecular formula is C12H11NO2. The molecule has 76 valence electrons. The predicted molar refractivity (Wildman–Crippen MR) is 54.8 cm³/mol. The van der Waals surface area contributed by atoms with Crippen LogP contribution in [0, 0.1) is 0 Å². The minimum Gasteiger partial charge on any atom is -0.367 e. The summed E-state index contributed by atoms with van der Waals surface area (Å²) in [5.74, 6) is -0.105. The van der Waals surface area contributed by atoms with Gasteiger partial charge in [0.1, 0.15) is 0 Å². The van der Waals surface area contributed by atoms with Crippen molar-refractivity contribution in [2.45, 2.75) is 18.7 Å². The van der Waals surface area contributed by atoms with Crippen LogP contribution < -0.4 is 0 Å². The molecule has 1 aromatic carbocycles. The number of fused-ring (bicyclic) bond motifs is 2. The molecule has 0 saturated carbocycles. The number of amides is 1.